The van der Waals surface area contributed by atoms with Crippen LogP contribution in [0.2, 0.25) is 0 Å². The molecular weight excluding hydrogens is 262 g/mol. The second-order valence-corrected chi connectivity index (χ2v) is 6.36. The molecule has 0 aromatic heterocycles. The maximum atomic E-state index is 12.0. The van der Waals surface area contributed by atoms with Crippen molar-refractivity contribution in [3.05, 3.63) is 35.4 Å². The molecule has 1 aromatic rings. The fourth-order valence-corrected chi connectivity index (χ4v) is 1.78. The van der Waals surface area contributed by atoms with E-state index < -0.39 is 0 Å². The molecule has 0 aliphatic heterocycles. The van der Waals surface area contributed by atoms with Gasteiger partial charge in [0.1, 0.15) is 6.61 Å². The first-order valence-electron chi connectivity index (χ1n) is 7.29. The van der Waals surface area contributed by atoms with Gasteiger partial charge >= 0.3 is 0 Å². The van der Waals surface area contributed by atoms with E-state index in [4.69, 9.17) is 5.11 Å². The Labute approximate surface area is 127 Å². The van der Waals surface area contributed by atoms with Crippen molar-refractivity contribution in [2.24, 2.45) is 11.3 Å². The SMILES string of the molecule is CC(CC(=O)NCc1ccccc1C#CCO)C(C)(C)C. The first-order valence-corrected chi connectivity index (χ1v) is 7.29. The molecule has 0 saturated carbocycles. The lowest BCUT2D eigenvalue weighted by Gasteiger charge is -2.26. The highest BCUT2D eigenvalue weighted by molar-refractivity contribution is 5.76. The van der Waals surface area contributed by atoms with Crippen LogP contribution in [0.15, 0.2) is 24.3 Å². The number of amides is 1. The first-order chi connectivity index (χ1) is 9.84. The number of hydrogen-bond acceptors (Lipinski definition) is 2. The molecule has 3 nitrogen and oxygen atoms in total. The zero-order chi connectivity index (χ0) is 15.9. The molecule has 0 fully saturated rings. The average molecular weight is 287 g/mol. The highest BCUT2D eigenvalue weighted by Gasteiger charge is 2.22. The van der Waals surface area contributed by atoms with Gasteiger partial charge in [-0.3, -0.25) is 4.79 Å². The van der Waals surface area contributed by atoms with Crippen LogP contribution in [0.5, 0.6) is 0 Å². The van der Waals surface area contributed by atoms with Gasteiger partial charge in [0.05, 0.1) is 0 Å². The molecule has 1 aromatic carbocycles. The molecule has 0 radical (unpaired) electrons. The van der Waals surface area contributed by atoms with E-state index in [0.717, 1.165) is 11.1 Å². The number of aliphatic hydroxyl groups excluding tert-OH is 1. The normalized spacial score (nSPS) is 12.2. The van der Waals surface area contributed by atoms with Gasteiger partial charge in [-0.25, -0.2) is 0 Å². The van der Waals surface area contributed by atoms with Gasteiger partial charge in [0.15, 0.2) is 0 Å². The maximum absolute atomic E-state index is 12.0. The molecule has 0 heterocycles. The Morgan fingerprint density at radius 2 is 2.00 bits per heavy atom. The van der Waals surface area contributed by atoms with Gasteiger partial charge in [0.2, 0.25) is 5.91 Å². The average Bonchev–Trinajstić information content (AvgIpc) is 2.42. The fourth-order valence-electron chi connectivity index (χ4n) is 1.78. The summed E-state index contributed by atoms with van der Waals surface area (Å²) >= 11 is 0. The summed E-state index contributed by atoms with van der Waals surface area (Å²) in [4.78, 5) is 12.0. The summed E-state index contributed by atoms with van der Waals surface area (Å²) in [5.74, 6) is 5.92. The molecule has 0 spiro atoms. The minimum atomic E-state index is -0.163. The summed E-state index contributed by atoms with van der Waals surface area (Å²) in [5.41, 5.74) is 1.94. The van der Waals surface area contributed by atoms with E-state index in [1.807, 2.05) is 24.3 Å². The Morgan fingerprint density at radius 1 is 1.33 bits per heavy atom. The van der Waals surface area contributed by atoms with E-state index >= 15 is 0 Å². The summed E-state index contributed by atoms with van der Waals surface area (Å²) in [6.07, 6.45) is 0.522. The first kappa shape index (κ1) is 17.3. The highest BCUT2D eigenvalue weighted by atomic mass is 16.2. The maximum Gasteiger partial charge on any atom is 0.220 e. The second-order valence-electron chi connectivity index (χ2n) is 6.36. The van der Waals surface area contributed by atoms with E-state index in [2.05, 4.69) is 44.9 Å². The Morgan fingerprint density at radius 3 is 2.62 bits per heavy atom. The smallest absolute Gasteiger partial charge is 0.220 e. The summed E-state index contributed by atoms with van der Waals surface area (Å²) < 4.78 is 0. The third-order valence-electron chi connectivity index (χ3n) is 3.77. The number of benzene rings is 1. The van der Waals surface area contributed by atoms with Gasteiger partial charge < -0.3 is 10.4 Å². The molecule has 1 amide bonds. The minimum absolute atomic E-state index is 0.0577. The second kappa shape index (κ2) is 7.85. The molecule has 0 aliphatic rings. The third kappa shape index (κ3) is 6.01. The van der Waals surface area contributed by atoms with Crippen molar-refractivity contribution in [3.63, 3.8) is 0 Å². The molecule has 114 valence electrons. The van der Waals surface area contributed by atoms with Gasteiger partial charge in [-0.2, -0.15) is 0 Å². The topological polar surface area (TPSA) is 49.3 Å². The predicted octanol–water partition coefficient (Wildman–Crippen LogP) is 2.72. The predicted molar refractivity (Wildman–Crippen MR) is 85.5 cm³/mol. The van der Waals surface area contributed by atoms with E-state index in [-0.39, 0.29) is 17.9 Å². The van der Waals surface area contributed by atoms with Crippen LogP contribution in [0.25, 0.3) is 0 Å². The van der Waals surface area contributed by atoms with Crippen molar-refractivity contribution in [3.8, 4) is 11.8 Å². The number of carbonyl (C=O) groups excluding carboxylic acids is 1. The van der Waals surface area contributed by atoms with Gasteiger partial charge in [-0.05, 0) is 23.0 Å². The zero-order valence-electron chi connectivity index (χ0n) is 13.4. The Balaban J connectivity index is 2.62. The van der Waals surface area contributed by atoms with Crippen LogP contribution in [0, 0.1) is 23.2 Å². The van der Waals surface area contributed by atoms with Crippen LogP contribution in [-0.2, 0) is 11.3 Å². The Bertz CT molecular complexity index is 532. The lowest BCUT2D eigenvalue weighted by molar-refractivity contribution is -0.122. The molecule has 0 bridgehead atoms. The summed E-state index contributed by atoms with van der Waals surface area (Å²) in [5, 5.41) is 11.7. The molecule has 3 heteroatoms. The quantitative estimate of drug-likeness (QED) is 0.837. The van der Waals surface area contributed by atoms with Gasteiger partial charge in [0.25, 0.3) is 0 Å². The molecule has 0 saturated heterocycles. The summed E-state index contributed by atoms with van der Waals surface area (Å²) in [6, 6.07) is 7.65. The van der Waals surface area contributed by atoms with Crippen LogP contribution in [0.4, 0.5) is 0 Å². The number of rotatable bonds is 4. The van der Waals surface area contributed by atoms with E-state index in [1.165, 1.54) is 0 Å². The number of nitrogens with one attached hydrogen (secondary N) is 1. The summed E-state index contributed by atoms with van der Waals surface area (Å²) in [6.45, 7) is 8.83. The van der Waals surface area contributed by atoms with Crippen molar-refractivity contribution in [1.82, 2.24) is 5.32 Å². The van der Waals surface area contributed by atoms with E-state index in [0.29, 0.717) is 18.9 Å². The largest absolute Gasteiger partial charge is 0.384 e. The lowest BCUT2D eigenvalue weighted by Crippen LogP contribution is -2.29. The molecule has 0 aliphatic carbocycles. The van der Waals surface area contributed by atoms with Crippen LogP contribution in [-0.4, -0.2) is 17.6 Å². The molecular formula is C18H25NO2. The summed E-state index contributed by atoms with van der Waals surface area (Å²) in [7, 11) is 0. The number of aliphatic hydroxyl groups is 1. The number of carbonyl (C=O) groups is 1. The van der Waals surface area contributed by atoms with Gasteiger partial charge in [0, 0.05) is 18.5 Å². The molecule has 21 heavy (non-hydrogen) atoms. The Hall–Kier alpha value is -1.79. The van der Waals surface area contributed by atoms with E-state index in [1.54, 1.807) is 0 Å². The minimum Gasteiger partial charge on any atom is -0.384 e. The molecule has 2 N–H and O–H groups in total. The standard InChI is InChI=1S/C18H25NO2/c1-14(18(2,3)4)12-17(21)19-13-16-9-6-5-8-15(16)10-7-11-20/h5-6,8-9,14,20H,11-13H2,1-4H3,(H,19,21). The van der Waals surface area contributed by atoms with Crippen LogP contribution >= 0.6 is 0 Å². The fraction of sp³-hybridized carbons (Fsp3) is 0.500. The van der Waals surface area contributed by atoms with Crippen molar-refractivity contribution in [2.75, 3.05) is 6.61 Å². The molecule has 1 rings (SSSR count). The third-order valence-corrected chi connectivity index (χ3v) is 3.77. The van der Waals surface area contributed by atoms with Gasteiger partial charge in [-0.15, -0.1) is 0 Å². The van der Waals surface area contributed by atoms with Crippen molar-refractivity contribution in [1.29, 1.82) is 0 Å². The van der Waals surface area contributed by atoms with Crippen molar-refractivity contribution in [2.45, 2.75) is 40.7 Å². The van der Waals surface area contributed by atoms with Crippen LogP contribution < -0.4 is 5.32 Å². The lowest BCUT2D eigenvalue weighted by atomic mass is 9.80. The Kier molecular flexibility index (Phi) is 6.45. The van der Waals surface area contributed by atoms with Crippen LogP contribution in [0.3, 0.4) is 0 Å². The molecule has 1 atom stereocenters. The zero-order valence-corrected chi connectivity index (χ0v) is 13.4. The van der Waals surface area contributed by atoms with E-state index in [9.17, 15) is 4.79 Å². The number of hydrogen-bond donors (Lipinski definition) is 2. The van der Waals surface area contributed by atoms with Crippen LogP contribution in [0.1, 0.15) is 45.2 Å². The highest BCUT2D eigenvalue weighted by Crippen LogP contribution is 2.27. The van der Waals surface area contributed by atoms with Crippen molar-refractivity contribution < 1.29 is 9.90 Å². The molecule has 1 unspecified atom stereocenters. The monoisotopic (exact) mass is 287 g/mol. The van der Waals surface area contributed by atoms with Crippen molar-refractivity contribution >= 4 is 5.91 Å². The van der Waals surface area contributed by atoms with Gasteiger partial charge in [-0.1, -0.05) is 57.7 Å².